The third-order valence-electron chi connectivity index (χ3n) is 3.84. The van der Waals surface area contributed by atoms with Crippen LogP contribution in [0, 0.1) is 11.8 Å². The number of nitrogens with zero attached hydrogens (tertiary/aromatic N) is 1. The van der Waals surface area contributed by atoms with Crippen LogP contribution in [0.1, 0.15) is 39.0 Å². The fourth-order valence-corrected chi connectivity index (χ4v) is 2.74. The van der Waals surface area contributed by atoms with E-state index in [2.05, 4.69) is 0 Å². The van der Waals surface area contributed by atoms with Gasteiger partial charge in [0.15, 0.2) is 0 Å². The van der Waals surface area contributed by atoms with Gasteiger partial charge in [-0.05, 0) is 24.7 Å². The number of hydrogen-bond acceptors (Lipinski definition) is 3. The monoisotopic (exact) mass is 239 g/mol. The van der Waals surface area contributed by atoms with Crippen LogP contribution in [0.4, 0.5) is 0 Å². The minimum atomic E-state index is -0.378. The molecular formula is C13H21NO3. The summed E-state index contributed by atoms with van der Waals surface area (Å²) in [5.74, 6) is 1.13. The predicted octanol–water partition coefficient (Wildman–Crippen LogP) is 1.59. The summed E-state index contributed by atoms with van der Waals surface area (Å²) in [6.45, 7) is 2.66. The van der Waals surface area contributed by atoms with Crippen LogP contribution in [0.15, 0.2) is 0 Å². The molecule has 1 amide bonds. The summed E-state index contributed by atoms with van der Waals surface area (Å²) in [6, 6.07) is -0.378. The molecule has 2 aliphatic rings. The van der Waals surface area contributed by atoms with Crippen LogP contribution in [0.2, 0.25) is 0 Å². The molecule has 0 aromatic rings. The second kappa shape index (κ2) is 5.07. The van der Waals surface area contributed by atoms with Gasteiger partial charge >= 0.3 is 5.97 Å². The van der Waals surface area contributed by atoms with E-state index < -0.39 is 0 Å². The van der Waals surface area contributed by atoms with Gasteiger partial charge in [-0.25, -0.2) is 4.79 Å². The molecule has 1 aliphatic carbocycles. The van der Waals surface area contributed by atoms with Gasteiger partial charge in [-0.2, -0.15) is 0 Å². The van der Waals surface area contributed by atoms with E-state index in [-0.39, 0.29) is 17.9 Å². The highest BCUT2D eigenvalue weighted by Crippen LogP contribution is 2.38. The van der Waals surface area contributed by atoms with Gasteiger partial charge in [0, 0.05) is 13.0 Å². The highest BCUT2D eigenvalue weighted by Gasteiger charge is 2.39. The Labute approximate surface area is 102 Å². The maximum atomic E-state index is 11.9. The van der Waals surface area contributed by atoms with Crippen molar-refractivity contribution in [3.63, 3.8) is 0 Å². The fourth-order valence-electron chi connectivity index (χ4n) is 2.74. The summed E-state index contributed by atoms with van der Waals surface area (Å²) in [5.41, 5.74) is 0. The topological polar surface area (TPSA) is 46.6 Å². The van der Waals surface area contributed by atoms with E-state index in [1.807, 2.05) is 6.92 Å². The molecule has 0 spiro atoms. The summed E-state index contributed by atoms with van der Waals surface area (Å²) >= 11 is 0. The van der Waals surface area contributed by atoms with Crippen LogP contribution in [-0.2, 0) is 14.3 Å². The van der Waals surface area contributed by atoms with Crippen molar-refractivity contribution in [1.82, 2.24) is 4.90 Å². The first kappa shape index (κ1) is 12.4. The molecule has 0 aromatic carbocycles. The number of carbonyl (C=O) groups excluding carboxylic acids is 2. The second-order valence-corrected chi connectivity index (χ2v) is 5.24. The predicted molar refractivity (Wildman–Crippen MR) is 63.3 cm³/mol. The molecule has 1 heterocycles. The van der Waals surface area contributed by atoms with Crippen molar-refractivity contribution in [3.05, 3.63) is 0 Å². The van der Waals surface area contributed by atoms with Gasteiger partial charge in [0.05, 0.1) is 7.11 Å². The molecule has 2 atom stereocenters. The maximum absolute atomic E-state index is 11.9. The SMILES string of the molecule is CCC(C(=O)OC)N1CC(CC2CC2)CC1=O. The molecule has 0 aromatic heterocycles. The number of amides is 1. The zero-order valence-corrected chi connectivity index (χ0v) is 10.6. The molecule has 2 fully saturated rings. The van der Waals surface area contributed by atoms with Crippen molar-refractivity contribution in [2.45, 2.75) is 45.1 Å². The number of likely N-dealkylation sites (tertiary alicyclic amines) is 1. The van der Waals surface area contributed by atoms with Crippen LogP contribution in [0.25, 0.3) is 0 Å². The van der Waals surface area contributed by atoms with Gasteiger partial charge in [0.25, 0.3) is 0 Å². The summed E-state index contributed by atoms with van der Waals surface area (Å²) < 4.78 is 4.76. The molecule has 17 heavy (non-hydrogen) atoms. The van der Waals surface area contributed by atoms with E-state index in [4.69, 9.17) is 4.74 Å². The van der Waals surface area contributed by atoms with E-state index in [1.54, 1.807) is 4.90 Å². The van der Waals surface area contributed by atoms with E-state index in [1.165, 1.54) is 20.0 Å². The smallest absolute Gasteiger partial charge is 0.328 e. The molecule has 1 saturated carbocycles. The molecule has 4 heteroatoms. The van der Waals surface area contributed by atoms with Gasteiger partial charge in [-0.3, -0.25) is 4.79 Å². The van der Waals surface area contributed by atoms with E-state index in [0.29, 0.717) is 18.8 Å². The molecule has 1 aliphatic heterocycles. The minimum Gasteiger partial charge on any atom is -0.467 e. The van der Waals surface area contributed by atoms with E-state index in [0.717, 1.165) is 18.9 Å². The lowest BCUT2D eigenvalue weighted by atomic mass is 10.0. The van der Waals surface area contributed by atoms with Gasteiger partial charge in [-0.15, -0.1) is 0 Å². The summed E-state index contributed by atoms with van der Waals surface area (Å²) in [6.07, 6.45) is 5.04. The molecule has 96 valence electrons. The van der Waals surface area contributed by atoms with Crippen LogP contribution in [0.3, 0.4) is 0 Å². The Balaban J connectivity index is 1.94. The van der Waals surface area contributed by atoms with Crippen LogP contribution >= 0.6 is 0 Å². The van der Waals surface area contributed by atoms with Crippen LogP contribution in [0.5, 0.6) is 0 Å². The summed E-state index contributed by atoms with van der Waals surface area (Å²) in [4.78, 5) is 25.2. The average Bonchev–Trinajstić information content (AvgIpc) is 3.04. The van der Waals surface area contributed by atoms with Crippen molar-refractivity contribution in [2.75, 3.05) is 13.7 Å². The lowest BCUT2D eigenvalue weighted by Gasteiger charge is -2.24. The first-order valence-electron chi connectivity index (χ1n) is 6.53. The lowest BCUT2D eigenvalue weighted by molar-refractivity contribution is -0.151. The second-order valence-electron chi connectivity index (χ2n) is 5.24. The molecular weight excluding hydrogens is 218 g/mol. The molecule has 2 unspecified atom stereocenters. The van der Waals surface area contributed by atoms with Crippen molar-refractivity contribution in [2.24, 2.45) is 11.8 Å². The molecule has 0 N–H and O–H groups in total. The number of carbonyl (C=O) groups is 2. The summed E-state index contributed by atoms with van der Waals surface area (Å²) in [5, 5.41) is 0. The Kier molecular flexibility index (Phi) is 3.69. The van der Waals surface area contributed by atoms with Gasteiger partial charge in [-0.1, -0.05) is 19.8 Å². The number of esters is 1. The van der Waals surface area contributed by atoms with Crippen LogP contribution < -0.4 is 0 Å². The Morgan fingerprint density at radius 1 is 1.47 bits per heavy atom. The van der Waals surface area contributed by atoms with E-state index >= 15 is 0 Å². The zero-order chi connectivity index (χ0) is 12.4. The number of ether oxygens (including phenoxy) is 1. The Morgan fingerprint density at radius 2 is 2.18 bits per heavy atom. The largest absolute Gasteiger partial charge is 0.467 e. The number of rotatable bonds is 5. The molecule has 4 nitrogen and oxygen atoms in total. The van der Waals surface area contributed by atoms with Crippen molar-refractivity contribution in [3.8, 4) is 0 Å². The van der Waals surface area contributed by atoms with Crippen molar-refractivity contribution in [1.29, 1.82) is 0 Å². The standard InChI is InChI=1S/C13H21NO3/c1-3-11(13(16)17-2)14-8-10(7-12(14)15)6-9-4-5-9/h9-11H,3-8H2,1-2H3. The Morgan fingerprint density at radius 3 is 2.71 bits per heavy atom. The third kappa shape index (κ3) is 2.79. The normalized spacial score (nSPS) is 26.1. The lowest BCUT2D eigenvalue weighted by Crippen LogP contribution is -2.42. The van der Waals surface area contributed by atoms with Gasteiger partial charge in [0.1, 0.15) is 6.04 Å². The third-order valence-corrected chi connectivity index (χ3v) is 3.84. The maximum Gasteiger partial charge on any atom is 0.328 e. The van der Waals surface area contributed by atoms with Gasteiger partial charge < -0.3 is 9.64 Å². The van der Waals surface area contributed by atoms with Crippen molar-refractivity contribution >= 4 is 11.9 Å². The highest BCUT2D eigenvalue weighted by atomic mass is 16.5. The van der Waals surface area contributed by atoms with Crippen molar-refractivity contribution < 1.29 is 14.3 Å². The first-order chi connectivity index (χ1) is 8.15. The number of methoxy groups -OCH3 is 1. The van der Waals surface area contributed by atoms with Crippen LogP contribution in [-0.4, -0.2) is 36.5 Å². The Hall–Kier alpha value is -1.06. The molecule has 2 rings (SSSR count). The minimum absolute atomic E-state index is 0.118. The molecule has 0 radical (unpaired) electrons. The highest BCUT2D eigenvalue weighted by molar-refractivity contribution is 5.86. The number of hydrogen-bond donors (Lipinski definition) is 0. The quantitative estimate of drug-likeness (QED) is 0.684. The molecule has 0 bridgehead atoms. The Bertz CT molecular complexity index is 312. The van der Waals surface area contributed by atoms with E-state index in [9.17, 15) is 9.59 Å². The van der Waals surface area contributed by atoms with Gasteiger partial charge in [0.2, 0.25) is 5.91 Å². The zero-order valence-electron chi connectivity index (χ0n) is 10.6. The molecule has 1 saturated heterocycles. The first-order valence-corrected chi connectivity index (χ1v) is 6.53. The fraction of sp³-hybridized carbons (Fsp3) is 0.846. The average molecular weight is 239 g/mol. The summed E-state index contributed by atoms with van der Waals surface area (Å²) in [7, 11) is 1.38.